The van der Waals surface area contributed by atoms with Crippen LogP contribution in [0.4, 0.5) is 23.0 Å². The lowest BCUT2D eigenvalue weighted by Gasteiger charge is -2.17. The van der Waals surface area contributed by atoms with E-state index in [9.17, 15) is 4.79 Å². The monoisotopic (exact) mass is 466 g/mol. The Balaban J connectivity index is 1.53. The first kappa shape index (κ1) is 22.0. The summed E-state index contributed by atoms with van der Waals surface area (Å²) in [4.78, 5) is 26.0. The molecule has 1 aliphatic rings. The number of pyridine rings is 2. The van der Waals surface area contributed by atoms with E-state index in [1.807, 2.05) is 24.3 Å². The van der Waals surface area contributed by atoms with E-state index in [2.05, 4.69) is 30.7 Å². The molecule has 174 valence electrons. The molecule has 1 saturated carbocycles. The van der Waals surface area contributed by atoms with Gasteiger partial charge in [0.05, 0.1) is 29.6 Å². The lowest BCUT2D eigenvalue weighted by molar-refractivity contribution is 0.0968. The van der Waals surface area contributed by atoms with E-state index < -0.39 is 0 Å². The van der Waals surface area contributed by atoms with Gasteiger partial charge in [0.15, 0.2) is 17.4 Å². The van der Waals surface area contributed by atoms with Gasteiger partial charge >= 0.3 is 0 Å². The number of anilines is 4. The Bertz CT molecular complexity index is 1450. The van der Waals surface area contributed by atoms with Gasteiger partial charge < -0.3 is 15.4 Å². The van der Waals surface area contributed by atoms with E-state index in [0.717, 1.165) is 18.4 Å². The van der Waals surface area contributed by atoms with Crippen molar-refractivity contribution in [2.45, 2.75) is 12.8 Å². The number of ether oxygens (including phenoxy) is 1. The molecule has 0 aliphatic heterocycles. The Kier molecular flexibility index (Phi) is 5.81. The van der Waals surface area contributed by atoms with Crippen molar-refractivity contribution in [3.05, 3.63) is 66.2 Å². The minimum absolute atomic E-state index is 0.0242. The maximum Gasteiger partial charge on any atom is 0.184 e. The van der Waals surface area contributed by atoms with E-state index in [0.29, 0.717) is 45.8 Å². The standard InChI is InChI=1S/C25H22N8O2/c1-33-14-28-25(32-33)17-6-4-7-19(24(17)35-2)30-20-11-22(27-13-18(20)23(34)15-9-10-15)31-21-8-3-5-16(12-26)29-21/h3-8,11,13-15H,9-10H2,1-2H3,(H2,27,29,30,31). The highest BCUT2D eigenvalue weighted by Crippen LogP contribution is 2.39. The van der Waals surface area contributed by atoms with Crippen LogP contribution < -0.4 is 15.4 Å². The van der Waals surface area contributed by atoms with Crippen molar-refractivity contribution in [1.29, 1.82) is 5.26 Å². The summed E-state index contributed by atoms with van der Waals surface area (Å²) in [6.45, 7) is 0. The second kappa shape index (κ2) is 9.23. The maximum absolute atomic E-state index is 13.0. The van der Waals surface area contributed by atoms with Crippen molar-refractivity contribution in [3.8, 4) is 23.2 Å². The molecule has 0 spiro atoms. The van der Waals surface area contributed by atoms with Crippen molar-refractivity contribution < 1.29 is 9.53 Å². The summed E-state index contributed by atoms with van der Waals surface area (Å²) in [5, 5.41) is 20.0. The predicted octanol–water partition coefficient (Wildman–Crippen LogP) is 4.23. The number of nitrogens with one attached hydrogen (secondary N) is 2. The molecule has 0 amide bonds. The molecule has 0 bridgehead atoms. The molecular weight excluding hydrogens is 444 g/mol. The van der Waals surface area contributed by atoms with E-state index in [4.69, 9.17) is 10.00 Å². The molecule has 35 heavy (non-hydrogen) atoms. The van der Waals surface area contributed by atoms with Crippen LogP contribution in [0, 0.1) is 17.2 Å². The normalized spacial score (nSPS) is 12.6. The number of carbonyl (C=O) groups is 1. The number of Topliss-reactive ketones (excluding diaryl/α,β-unsaturated/α-hetero) is 1. The van der Waals surface area contributed by atoms with Gasteiger partial charge in [0, 0.05) is 25.2 Å². The highest BCUT2D eigenvalue weighted by molar-refractivity contribution is 6.04. The molecule has 10 nitrogen and oxygen atoms in total. The average molecular weight is 467 g/mol. The predicted molar refractivity (Wildman–Crippen MR) is 130 cm³/mol. The number of aromatic nitrogens is 5. The summed E-state index contributed by atoms with van der Waals surface area (Å²) in [7, 11) is 3.38. The summed E-state index contributed by atoms with van der Waals surface area (Å²) in [6.07, 6.45) is 4.95. The summed E-state index contributed by atoms with van der Waals surface area (Å²) >= 11 is 0. The summed E-state index contributed by atoms with van der Waals surface area (Å²) in [5.41, 5.74) is 2.75. The third kappa shape index (κ3) is 4.65. The smallest absolute Gasteiger partial charge is 0.184 e. The zero-order chi connectivity index (χ0) is 24.4. The van der Waals surface area contributed by atoms with Crippen LogP contribution in [0.1, 0.15) is 28.9 Å². The Morgan fingerprint density at radius 3 is 2.66 bits per heavy atom. The second-order valence-corrected chi connectivity index (χ2v) is 8.15. The van der Waals surface area contributed by atoms with Crippen LogP contribution in [0.25, 0.3) is 11.4 Å². The Labute approximate surface area is 201 Å². The lowest BCUT2D eigenvalue weighted by atomic mass is 10.1. The van der Waals surface area contributed by atoms with Gasteiger partial charge in [0.1, 0.15) is 29.7 Å². The van der Waals surface area contributed by atoms with E-state index in [-0.39, 0.29) is 11.7 Å². The molecule has 2 N–H and O–H groups in total. The number of para-hydroxylation sites is 1. The number of rotatable bonds is 8. The number of methoxy groups -OCH3 is 1. The third-order valence-electron chi connectivity index (χ3n) is 5.57. The summed E-state index contributed by atoms with van der Waals surface area (Å²) < 4.78 is 7.34. The first-order chi connectivity index (χ1) is 17.1. The molecule has 1 aliphatic carbocycles. The van der Waals surface area contributed by atoms with Crippen LogP contribution in [0.3, 0.4) is 0 Å². The van der Waals surface area contributed by atoms with Crippen LogP contribution in [-0.4, -0.2) is 37.6 Å². The third-order valence-corrected chi connectivity index (χ3v) is 5.57. The maximum atomic E-state index is 13.0. The molecule has 4 aromatic rings. The second-order valence-electron chi connectivity index (χ2n) is 8.15. The van der Waals surface area contributed by atoms with Crippen LogP contribution in [0.15, 0.2) is 55.0 Å². The molecule has 0 radical (unpaired) electrons. The fourth-order valence-corrected chi connectivity index (χ4v) is 3.73. The highest BCUT2D eigenvalue weighted by atomic mass is 16.5. The molecule has 1 fully saturated rings. The van der Waals surface area contributed by atoms with Crippen LogP contribution in [-0.2, 0) is 7.05 Å². The number of hydrogen-bond acceptors (Lipinski definition) is 9. The van der Waals surface area contributed by atoms with E-state index in [1.165, 1.54) is 0 Å². The highest BCUT2D eigenvalue weighted by Gasteiger charge is 2.32. The fourth-order valence-electron chi connectivity index (χ4n) is 3.73. The fraction of sp³-hybridized carbons (Fsp3) is 0.200. The molecule has 5 rings (SSSR count). The molecular formula is C25H22N8O2. The first-order valence-corrected chi connectivity index (χ1v) is 11.0. The zero-order valence-corrected chi connectivity index (χ0v) is 19.2. The quantitative estimate of drug-likeness (QED) is 0.366. The van der Waals surface area contributed by atoms with E-state index >= 15 is 0 Å². The van der Waals surface area contributed by atoms with Gasteiger partial charge in [-0.05, 0) is 37.1 Å². The minimum atomic E-state index is 0.0242. The van der Waals surface area contributed by atoms with Crippen molar-refractivity contribution in [1.82, 2.24) is 24.7 Å². The van der Waals surface area contributed by atoms with Gasteiger partial charge in [-0.15, -0.1) is 0 Å². The van der Waals surface area contributed by atoms with Gasteiger partial charge in [-0.3, -0.25) is 9.48 Å². The van der Waals surface area contributed by atoms with Gasteiger partial charge in [0.2, 0.25) is 0 Å². The zero-order valence-electron chi connectivity index (χ0n) is 19.2. The van der Waals surface area contributed by atoms with Crippen molar-refractivity contribution >= 4 is 28.8 Å². The Morgan fingerprint density at radius 1 is 1.11 bits per heavy atom. The summed E-state index contributed by atoms with van der Waals surface area (Å²) in [5.74, 6) is 2.11. The van der Waals surface area contributed by atoms with Gasteiger partial charge in [-0.2, -0.15) is 10.4 Å². The molecule has 0 atom stereocenters. The van der Waals surface area contributed by atoms with Crippen molar-refractivity contribution in [2.75, 3.05) is 17.7 Å². The Hall–Kier alpha value is -4.78. The van der Waals surface area contributed by atoms with Gasteiger partial charge in [0.25, 0.3) is 0 Å². The van der Waals surface area contributed by atoms with Crippen molar-refractivity contribution in [2.24, 2.45) is 13.0 Å². The number of nitrogens with zero attached hydrogens (tertiary/aromatic N) is 6. The van der Waals surface area contributed by atoms with Crippen molar-refractivity contribution in [3.63, 3.8) is 0 Å². The number of ketones is 1. The Morgan fingerprint density at radius 2 is 1.94 bits per heavy atom. The molecule has 3 heterocycles. The van der Waals surface area contributed by atoms with Gasteiger partial charge in [-0.1, -0.05) is 12.1 Å². The van der Waals surface area contributed by atoms with Crippen LogP contribution in [0.5, 0.6) is 5.75 Å². The summed E-state index contributed by atoms with van der Waals surface area (Å²) in [6, 6.07) is 14.5. The van der Waals surface area contributed by atoms with Gasteiger partial charge in [-0.25, -0.2) is 15.0 Å². The molecule has 0 saturated heterocycles. The number of nitriles is 1. The largest absolute Gasteiger partial charge is 0.494 e. The molecule has 0 unspecified atom stereocenters. The minimum Gasteiger partial charge on any atom is -0.494 e. The van der Waals surface area contributed by atoms with Crippen LogP contribution in [0.2, 0.25) is 0 Å². The number of carbonyl (C=O) groups excluding carboxylic acids is 1. The molecule has 3 aromatic heterocycles. The number of hydrogen-bond donors (Lipinski definition) is 2. The SMILES string of the molecule is COc1c(Nc2cc(Nc3cccc(C#N)n3)ncc2C(=O)C2CC2)cccc1-c1ncn(C)n1. The molecule has 10 heteroatoms. The lowest BCUT2D eigenvalue weighted by Crippen LogP contribution is -2.09. The van der Waals surface area contributed by atoms with Crippen LogP contribution >= 0.6 is 0 Å². The number of aryl methyl sites for hydroxylation is 1. The first-order valence-electron chi connectivity index (χ1n) is 11.0. The number of benzene rings is 1. The molecule has 1 aromatic carbocycles. The topological polar surface area (TPSA) is 131 Å². The van der Waals surface area contributed by atoms with E-state index in [1.54, 1.807) is 55.6 Å². The average Bonchev–Trinajstić information content (AvgIpc) is 3.64.